The molecule has 1 heterocycles. The lowest BCUT2D eigenvalue weighted by Crippen LogP contribution is -2.40. The molecule has 1 saturated carbocycles. The van der Waals surface area contributed by atoms with Gasteiger partial charge in [-0.2, -0.15) is 0 Å². The fraction of sp³-hybridized carbons (Fsp3) is 0.438. The summed E-state index contributed by atoms with van der Waals surface area (Å²) in [6.45, 7) is 2.24. The van der Waals surface area contributed by atoms with Crippen LogP contribution in [0.1, 0.15) is 41.7 Å². The van der Waals surface area contributed by atoms with E-state index in [0.717, 1.165) is 42.3 Å². The van der Waals surface area contributed by atoms with Crippen LogP contribution in [0.25, 0.3) is 10.9 Å². The number of benzene rings is 1. The molecule has 1 fully saturated rings. The number of aromatic amines is 1. The van der Waals surface area contributed by atoms with E-state index in [1.165, 1.54) is 0 Å². The van der Waals surface area contributed by atoms with Crippen molar-refractivity contribution in [2.75, 3.05) is 6.54 Å². The molecule has 0 spiro atoms. The number of rotatable bonds is 3. The number of hydrogen-bond acceptors (Lipinski definition) is 2. The van der Waals surface area contributed by atoms with Crippen LogP contribution in [0.15, 0.2) is 24.3 Å². The third-order valence-corrected chi connectivity index (χ3v) is 4.23. The van der Waals surface area contributed by atoms with Gasteiger partial charge in [-0.3, -0.25) is 4.79 Å². The van der Waals surface area contributed by atoms with Crippen LogP contribution in [0.2, 0.25) is 0 Å². The van der Waals surface area contributed by atoms with E-state index in [1.54, 1.807) is 0 Å². The second-order valence-electron chi connectivity index (χ2n) is 5.78. The van der Waals surface area contributed by atoms with Gasteiger partial charge >= 0.3 is 0 Å². The van der Waals surface area contributed by atoms with Crippen molar-refractivity contribution in [1.82, 2.24) is 10.3 Å². The Bertz CT molecular complexity index is 639. The van der Waals surface area contributed by atoms with E-state index in [-0.39, 0.29) is 5.91 Å². The third-order valence-electron chi connectivity index (χ3n) is 4.23. The molecule has 20 heavy (non-hydrogen) atoms. The van der Waals surface area contributed by atoms with Crippen LogP contribution in [0, 0.1) is 6.92 Å². The van der Waals surface area contributed by atoms with Crippen LogP contribution in [0.5, 0.6) is 0 Å². The quantitative estimate of drug-likeness (QED) is 0.803. The Labute approximate surface area is 118 Å². The number of hydrogen-bond donors (Lipinski definition) is 3. The summed E-state index contributed by atoms with van der Waals surface area (Å²) >= 11 is 0. The normalized spacial score (nSPS) is 17.5. The molecule has 0 atom stereocenters. The maximum Gasteiger partial charge on any atom is 0.253 e. The predicted molar refractivity (Wildman–Crippen MR) is 78.8 cm³/mol. The molecular formula is C16H20N2O2. The number of carbonyl (C=O) groups excluding carboxylic acids is 1. The highest BCUT2D eigenvalue weighted by atomic mass is 16.3. The van der Waals surface area contributed by atoms with Crippen molar-refractivity contribution >= 4 is 16.8 Å². The van der Waals surface area contributed by atoms with Gasteiger partial charge in [0, 0.05) is 23.1 Å². The van der Waals surface area contributed by atoms with Gasteiger partial charge in [0.15, 0.2) is 0 Å². The maximum absolute atomic E-state index is 12.4. The van der Waals surface area contributed by atoms with Gasteiger partial charge in [0.05, 0.1) is 11.2 Å². The lowest BCUT2D eigenvalue weighted by atomic mass is 10.0. The van der Waals surface area contributed by atoms with Gasteiger partial charge in [-0.05, 0) is 25.8 Å². The van der Waals surface area contributed by atoms with Crippen molar-refractivity contribution in [1.29, 1.82) is 0 Å². The maximum atomic E-state index is 12.4. The average Bonchev–Trinajstić information content (AvgIpc) is 2.99. The zero-order chi connectivity index (χ0) is 14.2. The molecule has 1 amide bonds. The highest BCUT2D eigenvalue weighted by Gasteiger charge is 2.31. The zero-order valence-electron chi connectivity index (χ0n) is 11.7. The molecule has 4 nitrogen and oxygen atoms in total. The Hall–Kier alpha value is -1.81. The average molecular weight is 272 g/mol. The molecule has 0 saturated heterocycles. The van der Waals surface area contributed by atoms with Gasteiger partial charge in [-0.1, -0.05) is 31.0 Å². The lowest BCUT2D eigenvalue weighted by Gasteiger charge is -2.22. The number of H-pyrrole nitrogens is 1. The first-order valence-corrected chi connectivity index (χ1v) is 7.17. The van der Waals surface area contributed by atoms with Gasteiger partial charge in [0.1, 0.15) is 0 Å². The second-order valence-corrected chi connectivity index (χ2v) is 5.78. The fourth-order valence-electron chi connectivity index (χ4n) is 3.11. The first-order chi connectivity index (χ1) is 9.59. The minimum atomic E-state index is -0.713. The van der Waals surface area contributed by atoms with Crippen LogP contribution in [-0.2, 0) is 0 Å². The molecule has 0 radical (unpaired) electrons. The van der Waals surface area contributed by atoms with Crippen molar-refractivity contribution in [2.24, 2.45) is 0 Å². The van der Waals surface area contributed by atoms with Gasteiger partial charge in [0.25, 0.3) is 5.91 Å². The topological polar surface area (TPSA) is 65.1 Å². The SMILES string of the molecule is Cc1[nH]c2ccccc2c1C(=O)NCC1(O)CCCC1. The summed E-state index contributed by atoms with van der Waals surface area (Å²) in [5, 5.41) is 14.1. The number of amides is 1. The summed E-state index contributed by atoms with van der Waals surface area (Å²) < 4.78 is 0. The number of fused-ring (bicyclic) bond motifs is 1. The van der Waals surface area contributed by atoms with E-state index < -0.39 is 5.60 Å². The lowest BCUT2D eigenvalue weighted by molar-refractivity contribution is 0.0450. The molecule has 3 rings (SSSR count). The fourth-order valence-corrected chi connectivity index (χ4v) is 3.11. The van der Waals surface area contributed by atoms with E-state index in [0.29, 0.717) is 12.1 Å². The summed E-state index contributed by atoms with van der Waals surface area (Å²) in [4.78, 5) is 15.6. The molecule has 0 bridgehead atoms. The van der Waals surface area contributed by atoms with Crippen LogP contribution in [0.4, 0.5) is 0 Å². The number of carbonyl (C=O) groups is 1. The number of aromatic nitrogens is 1. The number of aliphatic hydroxyl groups is 1. The molecule has 3 N–H and O–H groups in total. The van der Waals surface area contributed by atoms with E-state index in [1.807, 2.05) is 31.2 Å². The van der Waals surface area contributed by atoms with Gasteiger partial charge < -0.3 is 15.4 Å². The highest BCUT2D eigenvalue weighted by molar-refractivity contribution is 6.08. The van der Waals surface area contributed by atoms with Crippen LogP contribution >= 0.6 is 0 Å². The van der Waals surface area contributed by atoms with Crippen molar-refractivity contribution in [2.45, 2.75) is 38.2 Å². The molecule has 0 unspecified atom stereocenters. The molecule has 1 aliphatic carbocycles. The second kappa shape index (κ2) is 4.94. The summed E-state index contributed by atoms with van der Waals surface area (Å²) in [5.74, 6) is -0.111. The van der Waals surface area contributed by atoms with Crippen molar-refractivity contribution in [3.63, 3.8) is 0 Å². The zero-order valence-corrected chi connectivity index (χ0v) is 11.7. The van der Waals surface area contributed by atoms with Gasteiger partial charge in [-0.15, -0.1) is 0 Å². The minimum Gasteiger partial charge on any atom is -0.388 e. The van der Waals surface area contributed by atoms with E-state index in [9.17, 15) is 9.90 Å². The van der Waals surface area contributed by atoms with Gasteiger partial charge in [0.2, 0.25) is 0 Å². The standard InChI is InChI=1S/C16H20N2O2/c1-11-14(12-6-2-3-7-13(12)18-11)15(19)17-10-16(20)8-4-5-9-16/h2-3,6-7,18,20H,4-5,8-10H2,1H3,(H,17,19). The summed E-state index contributed by atoms with van der Waals surface area (Å²) in [6.07, 6.45) is 3.64. The van der Waals surface area contributed by atoms with E-state index in [2.05, 4.69) is 10.3 Å². The molecule has 2 aromatic rings. The Balaban J connectivity index is 1.80. The van der Waals surface area contributed by atoms with E-state index in [4.69, 9.17) is 0 Å². The molecule has 1 aliphatic rings. The third kappa shape index (κ3) is 2.31. The van der Waals surface area contributed by atoms with Crippen molar-refractivity contribution in [3.05, 3.63) is 35.5 Å². The number of aryl methyl sites for hydroxylation is 1. The molecular weight excluding hydrogens is 252 g/mol. The van der Waals surface area contributed by atoms with Crippen molar-refractivity contribution in [3.8, 4) is 0 Å². The Morgan fingerprint density at radius 1 is 1.35 bits per heavy atom. The highest BCUT2D eigenvalue weighted by Crippen LogP contribution is 2.29. The van der Waals surface area contributed by atoms with E-state index >= 15 is 0 Å². The largest absolute Gasteiger partial charge is 0.388 e. The smallest absolute Gasteiger partial charge is 0.253 e. The number of para-hydroxylation sites is 1. The minimum absolute atomic E-state index is 0.111. The Kier molecular flexibility index (Phi) is 3.26. The van der Waals surface area contributed by atoms with Crippen LogP contribution < -0.4 is 5.32 Å². The molecule has 1 aromatic carbocycles. The predicted octanol–water partition coefficient (Wildman–Crippen LogP) is 2.51. The number of nitrogens with one attached hydrogen (secondary N) is 2. The van der Waals surface area contributed by atoms with Gasteiger partial charge in [-0.25, -0.2) is 0 Å². The molecule has 1 aromatic heterocycles. The first kappa shape index (κ1) is 13.2. The van der Waals surface area contributed by atoms with Crippen molar-refractivity contribution < 1.29 is 9.90 Å². The summed E-state index contributed by atoms with van der Waals surface area (Å²) in [5.41, 5.74) is 1.80. The molecule has 106 valence electrons. The summed E-state index contributed by atoms with van der Waals surface area (Å²) in [6, 6.07) is 7.78. The van der Waals surface area contributed by atoms with Crippen LogP contribution in [-0.4, -0.2) is 28.1 Å². The summed E-state index contributed by atoms with van der Waals surface area (Å²) in [7, 11) is 0. The monoisotopic (exact) mass is 272 g/mol. The van der Waals surface area contributed by atoms with Crippen LogP contribution in [0.3, 0.4) is 0 Å². The Morgan fingerprint density at radius 3 is 2.80 bits per heavy atom. The molecule has 4 heteroatoms. The first-order valence-electron chi connectivity index (χ1n) is 7.17. The Morgan fingerprint density at radius 2 is 2.05 bits per heavy atom. The molecule has 0 aliphatic heterocycles.